The number of benzene rings is 1. The molecule has 5 heteroatoms. The van der Waals surface area contributed by atoms with E-state index in [0.717, 1.165) is 10.5 Å². The van der Waals surface area contributed by atoms with Crippen LogP contribution >= 0.6 is 11.8 Å². The van der Waals surface area contributed by atoms with E-state index in [2.05, 4.69) is 9.97 Å². The number of nitrogens with two attached hydrogens (primary N) is 1. The number of hydrogen-bond acceptors (Lipinski definition) is 4. The second-order valence-electron chi connectivity index (χ2n) is 4.06. The topological polar surface area (TPSA) is 51.8 Å². The van der Waals surface area contributed by atoms with Crippen LogP contribution in [0.2, 0.25) is 0 Å². The summed E-state index contributed by atoms with van der Waals surface area (Å²) in [5.41, 5.74) is 7.24. The van der Waals surface area contributed by atoms with Gasteiger partial charge in [0.05, 0.1) is 0 Å². The number of nitrogens with zero attached hydrogens (tertiary/aromatic N) is 2. The molecule has 2 N–H and O–H groups in total. The van der Waals surface area contributed by atoms with Gasteiger partial charge < -0.3 is 5.73 Å². The van der Waals surface area contributed by atoms with Gasteiger partial charge in [-0.15, -0.1) is 0 Å². The summed E-state index contributed by atoms with van der Waals surface area (Å²) in [6.07, 6.45) is 3.36. The fraction of sp³-hybridized carbons (Fsp3) is 0.231. The van der Waals surface area contributed by atoms with Gasteiger partial charge in [0.2, 0.25) is 0 Å². The van der Waals surface area contributed by atoms with E-state index in [4.69, 9.17) is 5.73 Å². The zero-order valence-electron chi connectivity index (χ0n) is 10.2. The van der Waals surface area contributed by atoms with Gasteiger partial charge in [-0.05, 0) is 54.9 Å². The van der Waals surface area contributed by atoms with Crippen molar-refractivity contribution in [3.63, 3.8) is 0 Å². The van der Waals surface area contributed by atoms with Crippen molar-refractivity contribution >= 4 is 11.8 Å². The lowest BCUT2D eigenvalue weighted by molar-refractivity contribution is 0.610. The lowest BCUT2D eigenvalue weighted by Gasteiger charge is -2.13. The highest BCUT2D eigenvalue weighted by molar-refractivity contribution is 7.99. The summed E-state index contributed by atoms with van der Waals surface area (Å²) >= 11 is 1.40. The second kappa shape index (κ2) is 5.46. The Morgan fingerprint density at radius 3 is 2.56 bits per heavy atom. The standard InChI is InChI=1S/C13H14FN3S/c1-8-6-12(10(9(2)15)7-11(8)14)18-13-16-4-3-5-17-13/h3-7,9H,15H2,1-2H3/t9-/m0/s1. The van der Waals surface area contributed by atoms with Gasteiger partial charge in [-0.2, -0.15) is 0 Å². The molecule has 0 bridgehead atoms. The molecule has 0 unspecified atom stereocenters. The minimum atomic E-state index is -0.236. The zero-order valence-corrected chi connectivity index (χ0v) is 11.0. The van der Waals surface area contributed by atoms with Gasteiger partial charge >= 0.3 is 0 Å². The van der Waals surface area contributed by atoms with E-state index in [1.165, 1.54) is 17.8 Å². The predicted molar refractivity (Wildman–Crippen MR) is 69.9 cm³/mol. The highest BCUT2D eigenvalue weighted by atomic mass is 32.2. The maximum Gasteiger partial charge on any atom is 0.192 e. The summed E-state index contributed by atoms with van der Waals surface area (Å²) in [5, 5.41) is 0.630. The van der Waals surface area contributed by atoms with Crippen LogP contribution in [0.5, 0.6) is 0 Å². The molecule has 2 rings (SSSR count). The van der Waals surface area contributed by atoms with E-state index >= 15 is 0 Å². The van der Waals surface area contributed by atoms with Crippen molar-refractivity contribution in [1.29, 1.82) is 0 Å². The first kappa shape index (κ1) is 13.0. The van der Waals surface area contributed by atoms with Gasteiger partial charge in [0.1, 0.15) is 5.82 Å². The van der Waals surface area contributed by atoms with Gasteiger partial charge in [0.15, 0.2) is 5.16 Å². The summed E-state index contributed by atoms with van der Waals surface area (Å²) in [5.74, 6) is -0.236. The van der Waals surface area contributed by atoms with E-state index in [9.17, 15) is 4.39 Å². The fourth-order valence-electron chi connectivity index (χ4n) is 1.55. The molecule has 3 nitrogen and oxygen atoms in total. The molecule has 1 aromatic carbocycles. The van der Waals surface area contributed by atoms with Crippen molar-refractivity contribution in [3.8, 4) is 0 Å². The Labute approximate surface area is 110 Å². The molecule has 0 aliphatic heterocycles. The van der Waals surface area contributed by atoms with Crippen LogP contribution in [0.25, 0.3) is 0 Å². The Morgan fingerprint density at radius 2 is 1.94 bits per heavy atom. The number of aromatic nitrogens is 2. The molecule has 0 aliphatic rings. The molecule has 1 heterocycles. The van der Waals surface area contributed by atoms with Crippen molar-refractivity contribution < 1.29 is 4.39 Å². The lowest BCUT2D eigenvalue weighted by Crippen LogP contribution is -2.07. The maximum absolute atomic E-state index is 13.6. The van der Waals surface area contributed by atoms with E-state index < -0.39 is 0 Å². The van der Waals surface area contributed by atoms with Gasteiger partial charge in [-0.3, -0.25) is 0 Å². The van der Waals surface area contributed by atoms with E-state index in [-0.39, 0.29) is 11.9 Å². The van der Waals surface area contributed by atoms with Crippen molar-refractivity contribution in [1.82, 2.24) is 9.97 Å². The van der Waals surface area contributed by atoms with Crippen LogP contribution in [0.1, 0.15) is 24.1 Å². The normalized spacial score (nSPS) is 12.4. The first-order valence-corrected chi connectivity index (χ1v) is 6.40. The van der Waals surface area contributed by atoms with Gasteiger partial charge in [-0.25, -0.2) is 14.4 Å². The van der Waals surface area contributed by atoms with Crippen molar-refractivity contribution in [2.75, 3.05) is 0 Å². The first-order chi connectivity index (χ1) is 8.58. The second-order valence-corrected chi connectivity index (χ2v) is 5.07. The van der Waals surface area contributed by atoms with Crippen LogP contribution in [0, 0.1) is 12.7 Å². The fourth-order valence-corrected chi connectivity index (χ4v) is 2.57. The Balaban J connectivity index is 2.40. The molecule has 2 aromatic rings. The average molecular weight is 263 g/mol. The highest BCUT2D eigenvalue weighted by Gasteiger charge is 2.13. The molecule has 0 radical (unpaired) electrons. The van der Waals surface area contributed by atoms with Crippen LogP contribution < -0.4 is 5.73 Å². The highest BCUT2D eigenvalue weighted by Crippen LogP contribution is 2.32. The third-order valence-corrected chi connectivity index (χ3v) is 3.49. The maximum atomic E-state index is 13.6. The van der Waals surface area contributed by atoms with Gasteiger partial charge in [0.25, 0.3) is 0 Å². The Kier molecular flexibility index (Phi) is 3.93. The molecule has 0 amide bonds. The van der Waals surface area contributed by atoms with Crippen LogP contribution in [0.15, 0.2) is 40.6 Å². The van der Waals surface area contributed by atoms with E-state index in [1.807, 2.05) is 6.92 Å². The van der Waals surface area contributed by atoms with Crippen molar-refractivity contribution in [2.45, 2.75) is 29.9 Å². The quantitative estimate of drug-likeness (QED) is 0.865. The minimum absolute atomic E-state index is 0.230. The number of halogens is 1. The third-order valence-electron chi connectivity index (χ3n) is 2.52. The number of hydrogen-bond donors (Lipinski definition) is 1. The van der Waals surface area contributed by atoms with E-state index in [1.54, 1.807) is 31.5 Å². The zero-order chi connectivity index (χ0) is 13.1. The monoisotopic (exact) mass is 263 g/mol. The first-order valence-electron chi connectivity index (χ1n) is 5.58. The minimum Gasteiger partial charge on any atom is -0.324 e. The summed E-state index contributed by atoms with van der Waals surface area (Å²) in [7, 11) is 0. The van der Waals surface area contributed by atoms with Crippen LogP contribution in [-0.4, -0.2) is 9.97 Å². The molecule has 1 atom stereocenters. The largest absolute Gasteiger partial charge is 0.324 e. The summed E-state index contributed by atoms with van der Waals surface area (Å²) < 4.78 is 13.6. The lowest BCUT2D eigenvalue weighted by atomic mass is 10.1. The van der Waals surface area contributed by atoms with Crippen molar-refractivity contribution in [3.05, 3.63) is 47.5 Å². The molecule has 0 saturated carbocycles. The third kappa shape index (κ3) is 2.86. The van der Waals surface area contributed by atoms with Crippen molar-refractivity contribution in [2.24, 2.45) is 5.73 Å². The molecule has 1 aromatic heterocycles. The number of aryl methyl sites for hydroxylation is 1. The molecule has 94 valence electrons. The number of rotatable bonds is 3. The molecule has 0 saturated heterocycles. The average Bonchev–Trinajstić information content (AvgIpc) is 2.34. The van der Waals surface area contributed by atoms with E-state index in [0.29, 0.717) is 10.7 Å². The molecular formula is C13H14FN3S. The Hall–Kier alpha value is -1.46. The molecule has 0 spiro atoms. The van der Waals surface area contributed by atoms with Gasteiger partial charge in [-0.1, -0.05) is 0 Å². The molecule has 0 fully saturated rings. The summed E-state index contributed by atoms with van der Waals surface area (Å²) in [4.78, 5) is 9.19. The smallest absolute Gasteiger partial charge is 0.192 e. The summed E-state index contributed by atoms with van der Waals surface area (Å²) in [6, 6.07) is 4.80. The SMILES string of the molecule is Cc1cc(Sc2ncccn2)c([C@H](C)N)cc1F. The predicted octanol–water partition coefficient (Wildman–Crippen LogP) is 3.10. The summed E-state index contributed by atoms with van der Waals surface area (Å²) in [6.45, 7) is 3.57. The van der Waals surface area contributed by atoms with Crippen LogP contribution in [-0.2, 0) is 0 Å². The molecule has 18 heavy (non-hydrogen) atoms. The molecule has 0 aliphatic carbocycles. The molecular weight excluding hydrogens is 249 g/mol. The van der Waals surface area contributed by atoms with Gasteiger partial charge in [0, 0.05) is 23.3 Å². The van der Waals surface area contributed by atoms with Crippen LogP contribution in [0.3, 0.4) is 0 Å². The Morgan fingerprint density at radius 1 is 1.28 bits per heavy atom. The Bertz CT molecular complexity index is 543. The van der Waals surface area contributed by atoms with Crippen LogP contribution in [0.4, 0.5) is 4.39 Å².